The van der Waals surface area contributed by atoms with E-state index in [1.54, 1.807) is 31.2 Å². The minimum atomic E-state index is -1.50. The maximum Gasteiger partial charge on any atom is 0.407 e. The second-order valence-corrected chi connectivity index (χ2v) is 6.11. The van der Waals surface area contributed by atoms with E-state index in [0.29, 0.717) is 0 Å². The van der Waals surface area contributed by atoms with E-state index in [2.05, 4.69) is 5.32 Å². The van der Waals surface area contributed by atoms with Crippen LogP contribution < -0.4 is 5.32 Å². The fourth-order valence-corrected chi connectivity index (χ4v) is 2.78. The molecule has 5 atom stereocenters. The Bertz CT molecular complexity index is 637. The van der Waals surface area contributed by atoms with E-state index >= 15 is 0 Å². The summed E-state index contributed by atoms with van der Waals surface area (Å²) in [5.74, 6) is -1.30. The van der Waals surface area contributed by atoms with Crippen molar-refractivity contribution >= 4 is 18.0 Å². The molecule has 148 valence electrons. The summed E-state index contributed by atoms with van der Waals surface area (Å²) in [7, 11) is 0. The zero-order valence-corrected chi connectivity index (χ0v) is 15.3. The summed E-state index contributed by atoms with van der Waals surface area (Å²) < 4.78 is 20.7. The summed E-state index contributed by atoms with van der Waals surface area (Å²) in [6, 6.07) is 7.97. The van der Waals surface area contributed by atoms with Crippen LogP contribution in [0.25, 0.3) is 0 Å². The van der Waals surface area contributed by atoms with E-state index in [4.69, 9.17) is 18.9 Å². The predicted octanol–water partition coefficient (Wildman–Crippen LogP) is 0.882. The number of rotatable bonds is 5. The Kier molecular flexibility index (Phi) is 7.14. The maximum atomic E-state index is 12.2. The summed E-state index contributed by atoms with van der Waals surface area (Å²) >= 11 is 0. The molecule has 9 heteroatoms. The molecule has 27 heavy (non-hydrogen) atoms. The quantitative estimate of drug-likeness (QED) is 0.570. The van der Waals surface area contributed by atoms with E-state index in [9.17, 15) is 19.5 Å². The van der Waals surface area contributed by atoms with Gasteiger partial charge in [0.1, 0.15) is 12.6 Å². The van der Waals surface area contributed by atoms with Gasteiger partial charge in [-0.2, -0.15) is 0 Å². The number of hydrogen-bond acceptors (Lipinski definition) is 8. The minimum absolute atomic E-state index is 0.0183. The molecular formula is C18H23NO8. The average molecular weight is 381 g/mol. The van der Waals surface area contributed by atoms with Crippen molar-refractivity contribution in [2.45, 2.75) is 58.0 Å². The van der Waals surface area contributed by atoms with Gasteiger partial charge in [-0.3, -0.25) is 9.59 Å². The Labute approximate surface area is 156 Å². The number of hydrogen-bond donors (Lipinski definition) is 2. The van der Waals surface area contributed by atoms with Crippen LogP contribution in [0.2, 0.25) is 0 Å². The number of carbonyl (C=O) groups excluding carboxylic acids is 3. The van der Waals surface area contributed by atoms with E-state index in [1.165, 1.54) is 6.92 Å². The van der Waals surface area contributed by atoms with E-state index < -0.39 is 48.7 Å². The van der Waals surface area contributed by atoms with Crippen LogP contribution in [0.5, 0.6) is 0 Å². The smallest absolute Gasteiger partial charge is 0.407 e. The van der Waals surface area contributed by atoms with E-state index in [1.807, 2.05) is 6.07 Å². The van der Waals surface area contributed by atoms with Gasteiger partial charge in [-0.25, -0.2) is 4.79 Å². The third-order valence-electron chi connectivity index (χ3n) is 3.91. The first kappa shape index (κ1) is 20.7. The highest BCUT2D eigenvalue weighted by Crippen LogP contribution is 2.25. The lowest BCUT2D eigenvalue weighted by atomic mass is 9.96. The second kappa shape index (κ2) is 9.33. The molecule has 9 nitrogen and oxygen atoms in total. The molecule has 0 radical (unpaired) electrons. The van der Waals surface area contributed by atoms with Crippen molar-refractivity contribution in [3.8, 4) is 0 Å². The Morgan fingerprint density at radius 1 is 1.07 bits per heavy atom. The number of nitrogens with one attached hydrogen (secondary N) is 1. The molecule has 0 aromatic heterocycles. The Morgan fingerprint density at radius 3 is 2.26 bits per heavy atom. The lowest BCUT2D eigenvalue weighted by Gasteiger charge is -2.42. The van der Waals surface area contributed by atoms with E-state index in [0.717, 1.165) is 12.5 Å². The Hall–Kier alpha value is -2.65. The van der Waals surface area contributed by atoms with Crippen LogP contribution in [-0.2, 0) is 35.1 Å². The van der Waals surface area contributed by atoms with Crippen LogP contribution >= 0.6 is 0 Å². The van der Waals surface area contributed by atoms with Gasteiger partial charge < -0.3 is 29.4 Å². The number of carbonyl (C=O) groups is 3. The number of amides is 1. The van der Waals surface area contributed by atoms with Crippen molar-refractivity contribution in [3.63, 3.8) is 0 Å². The lowest BCUT2D eigenvalue weighted by Crippen LogP contribution is -2.65. The van der Waals surface area contributed by atoms with Crippen LogP contribution in [-0.4, -0.2) is 53.8 Å². The summed E-state index contributed by atoms with van der Waals surface area (Å²) in [6.45, 7) is 3.93. The Morgan fingerprint density at radius 2 is 1.67 bits per heavy atom. The molecule has 1 fully saturated rings. The fraction of sp³-hybridized carbons (Fsp3) is 0.500. The fourth-order valence-electron chi connectivity index (χ4n) is 2.78. The highest BCUT2D eigenvalue weighted by molar-refractivity contribution is 5.69. The maximum absolute atomic E-state index is 12.2. The normalized spacial score (nSPS) is 27.3. The van der Waals surface area contributed by atoms with Crippen molar-refractivity contribution in [2.24, 2.45) is 0 Å². The molecule has 1 amide bonds. The molecule has 0 aliphatic carbocycles. The summed E-state index contributed by atoms with van der Waals surface area (Å²) in [5.41, 5.74) is 0.779. The van der Waals surface area contributed by atoms with Crippen molar-refractivity contribution in [1.29, 1.82) is 0 Å². The van der Waals surface area contributed by atoms with Crippen LogP contribution in [0.3, 0.4) is 0 Å². The molecule has 1 saturated heterocycles. The third-order valence-corrected chi connectivity index (χ3v) is 3.91. The predicted molar refractivity (Wildman–Crippen MR) is 91.2 cm³/mol. The molecule has 1 aliphatic rings. The summed E-state index contributed by atoms with van der Waals surface area (Å²) in [6.07, 6.45) is -5.34. The second-order valence-electron chi connectivity index (χ2n) is 6.11. The molecule has 0 unspecified atom stereocenters. The summed E-state index contributed by atoms with van der Waals surface area (Å²) in [4.78, 5) is 35.0. The van der Waals surface area contributed by atoms with Gasteiger partial charge in [0.15, 0.2) is 18.5 Å². The van der Waals surface area contributed by atoms with Crippen molar-refractivity contribution < 1.29 is 38.4 Å². The van der Waals surface area contributed by atoms with Gasteiger partial charge in [-0.1, -0.05) is 30.3 Å². The van der Waals surface area contributed by atoms with Crippen LogP contribution in [0.1, 0.15) is 26.3 Å². The molecule has 2 rings (SSSR count). The summed E-state index contributed by atoms with van der Waals surface area (Å²) in [5, 5.41) is 12.6. The third kappa shape index (κ3) is 5.93. The zero-order valence-electron chi connectivity index (χ0n) is 15.3. The molecule has 1 heterocycles. The molecular weight excluding hydrogens is 358 g/mol. The van der Waals surface area contributed by atoms with Crippen LogP contribution in [0.4, 0.5) is 4.79 Å². The number of aliphatic hydroxyl groups is 1. The average Bonchev–Trinajstić information content (AvgIpc) is 2.60. The number of ether oxygens (including phenoxy) is 4. The van der Waals surface area contributed by atoms with Gasteiger partial charge in [-0.05, 0) is 12.5 Å². The standard InChI is InChI=1S/C18H23NO8/c1-10-15(26-11(2)20)14(16(17(22)25-10)27-12(3)21)19-18(23)24-9-13-7-5-4-6-8-13/h4-8,10,14-17,22H,9H2,1-3H3,(H,19,23)/t10-,14+,15-,16+,17+/m0/s1. The van der Waals surface area contributed by atoms with Gasteiger partial charge in [0, 0.05) is 13.8 Å². The van der Waals surface area contributed by atoms with Gasteiger partial charge in [0.2, 0.25) is 0 Å². The zero-order chi connectivity index (χ0) is 20.0. The topological polar surface area (TPSA) is 120 Å². The first-order valence-electron chi connectivity index (χ1n) is 8.43. The monoisotopic (exact) mass is 381 g/mol. The van der Waals surface area contributed by atoms with E-state index in [-0.39, 0.29) is 6.61 Å². The van der Waals surface area contributed by atoms with Gasteiger partial charge >= 0.3 is 18.0 Å². The number of benzene rings is 1. The molecule has 1 aliphatic heterocycles. The van der Waals surface area contributed by atoms with Gasteiger partial charge in [0.05, 0.1) is 6.10 Å². The van der Waals surface area contributed by atoms with Crippen molar-refractivity contribution in [3.05, 3.63) is 35.9 Å². The first-order chi connectivity index (χ1) is 12.8. The lowest BCUT2D eigenvalue weighted by molar-refractivity contribution is -0.261. The Balaban J connectivity index is 2.12. The van der Waals surface area contributed by atoms with Gasteiger partial charge in [-0.15, -0.1) is 0 Å². The first-order valence-corrected chi connectivity index (χ1v) is 8.43. The number of esters is 2. The molecule has 2 N–H and O–H groups in total. The minimum Gasteiger partial charge on any atom is -0.457 e. The molecule has 1 aromatic carbocycles. The largest absolute Gasteiger partial charge is 0.457 e. The van der Waals surface area contributed by atoms with Gasteiger partial charge in [0.25, 0.3) is 0 Å². The van der Waals surface area contributed by atoms with Crippen LogP contribution in [0, 0.1) is 0 Å². The molecule has 0 bridgehead atoms. The highest BCUT2D eigenvalue weighted by Gasteiger charge is 2.48. The number of alkyl carbamates (subject to hydrolysis) is 1. The highest BCUT2D eigenvalue weighted by atomic mass is 16.7. The molecule has 0 spiro atoms. The van der Waals surface area contributed by atoms with Crippen molar-refractivity contribution in [1.82, 2.24) is 5.32 Å². The van der Waals surface area contributed by atoms with Crippen molar-refractivity contribution in [2.75, 3.05) is 0 Å². The molecule has 0 saturated carbocycles. The van der Waals surface area contributed by atoms with Crippen LogP contribution in [0.15, 0.2) is 30.3 Å². The SMILES string of the molecule is CC(=O)O[C@@H]1[C@@H](NC(=O)OCc2ccccc2)[C@@H](OC(C)=O)[C@H](O)O[C@H]1C. The number of aliphatic hydroxyl groups excluding tert-OH is 1. The molecule has 1 aromatic rings.